The van der Waals surface area contributed by atoms with Gasteiger partial charge < -0.3 is 20.2 Å². The molecule has 1 unspecified atom stereocenters. The molecule has 1 aliphatic rings. The molecule has 120 valence electrons. The number of likely N-dealkylation sites (N-methyl/N-ethyl adjacent to an activating group) is 1. The van der Waals surface area contributed by atoms with E-state index < -0.39 is 5.97 Å². The van der Waals surface area contributed by atoms with E-state index in [1.54, 1.807) is 4.90 Å². The third-order valence-corrected chi connectivity index (χ3v) is 3.66. The molecule has 0 aliphatic carbocycles. The molecule has 1 rings (SSSR count). The van der Waals surface area contributed by atoms with Crippen LogP contribution in [0.2, 0.25) is 0 Å². The molecule has 0 radical (unpaired) electrons. The van der Waals surface area contributed by atoms with Gasteiger partial charge in [0, 0.05) is 26.2 Å². The van der Waals surface area contributed by atoms with Gasteiger partial charge in [0.05, 0.1) is 6.42 Å². The van der Waals surface area contributed by atoms with Gasteiger partial charge in [0.15, 0.2) is 0 Å². The van der Waals surface area contributed by atoms with E-state index in [1.807, 2.05) is 6.92 Å². The highest BCUT2D eigenvalue weighted by atomic mass is 16.4. The second-order valence-electron chi connectivity index (χ2n) is 5.32. The molecule has 0 spiro atoms. The standard InChI is InChI=1S/C14H25N3O4/c1-3-7-16(10-12(18)15-2)14(21)17-8-5-4-6-11(17)9-13(19)20/h11H,3-10H2,1-2H3,(H,15,18)(H,19,20). The third-order valence-electron chi connectivity index (χ3n) is 3.66. The summed E-state index contributed by atoms with van der Waals surface area (Å²) >= 11 is 0. The Labute approximate surface area is 125 Å². The van der Waals surface area contributed by atoms with Crippen LogP contribution in [0.15, 0.2) is 0 Å². The average molecular weight is 299 g/mol. The van der Waals surface area contributed by atoms with Crippen LogP contribution in [0, 0.1) is 0 Å². The fraction of sp³-hybridized carbons (Fsp3) is 0.786. The summed E-state index contributed by atoms with van der Waals surface area (Å²) < 4.78 is 0. The number of hydrogen-bond acceptors (Lipinski definition) is 3. The van der Waals surface area contributed by atoms with Gasteiger partial charge in [0.25, 0.3) is 0 Å². The molecule has 1 atom stereocenters. The lowest BCUT2D eigenvalue weighted by Crippen LogP contribution is -2.53. The number of carboxylic acids is 1. The van der Waals surface area contributed by atoms with Crippen molar-refractivity contribution in [1.82, 2.24) is 15.1 Å². The Morgan fingerprint density at radius 3 is 2.62 bits per heavy atom. The Morgan fingerprint density at radius 2 is 2.05 bits per heavy atom. The van der Waals surface area contributed by atoms with Crippen LogP contribution in [0.25, 0.3) is 0 Å². The number of amides is 3. The van der Waals surface area contributed by atoms with E-state index in [4.69, 9.17) is 5.11 Å². The van der Waals surface area contributed by atoms with Gasteiger partial charge in [-0.3, -0.25) is 9.59 Å². The monoisotopic (exact) mass is 299 g/mol. The van der Waals surface area contributed by atoms with E-state index in [2.05, 4.69) is 5.32 Å². The quantitative estimate of drug-likeness (QED) is 0.762. The van der Waals surface area contributed by atoms with Crippen LogP contribution < -0.4 is 5.32 Å². The molecule has 0 aromatic heterocycles. The molecular weight excluding hydrogens is 274 g/mol. The number of hydrogen-bond donors (Lipinski definition) is 2. The maximum Gasteiger partial charge on any atom is 0.320 e. The Bertz CT molecular complexity index is 386. The number of carbonyl (C=O) groups excluding carboxylic acids is 2. The molecule has 0 aromatic rings. The lowest BCUT2D eigenvalue weighted by molar-refractivity contribution is -0.138. The smallest absolute Gasteiger partial charge is 0.320 e. The van der Waals surface area contributed by atoms with Crippen LogP contribution in [0.1, 0.15) is 39.0 Å². The minimum atomic E-state index is -0.895. The highest BCUT2D eigenvalue weighted by Crippen LogP contribution is 2.21. The number of urea groups is 1. The zero-order chi connectivity index (χ0) is 15.8. The van der Waals surface area contributed by atoms with Gasteiger partial charge in [0.2, 0.25) is 5.91 Å². The van der Waals surface area contributed by atoms with Gasteiger partial charge in [0.1, 0.15) is 6.54 Å². The minimum Gasteiger partial charge on any atom is -0.481 e. The normalized spacial score (nSPS) is 18.2. The van der Waals surface area contributed by atoms with Crippen molar-refractivity contribution in [3.8, 4) is 0 Å². The predicted molar refractivity (Wildman–Crippen MR) is 77.9 cm³/mol. The molecule has 1 saturated heterocycles. The van der Waals surface area contributed by atoms with Crippen LogP contribution in [0.4, 0.5) is 4.79 Å². The highest BCUT2D eigenvalue weighted by Gasteiger charge is 2.31. The summed E-state index contributed by atoms with van der Waals surface area (Å²) in [7, 11) is 1.53. The van der Waals surface area contributed by atoms with Crippen molar-refractivity contribution >= 4 is 17.9 Å². The van der Waals surface area contributed by atoms with E-state index in [0.717, 1.165) is 19.3 Å². The number of rotatable bonds is 6. The molecule has 7 nitrogen and oxygen atoms in total. The second-order valence-corrected chi connectivity index (χ2v) is 5.32. The maximum absolute atomic E-state index is 12.6. The van der Waals surface area contributed by atoms with Crippen molar-refractivity contribution in [3.63, 3.8) is 0 Å². The average Bonchev–Trinajstić information content (AvgIpc) is 2.46. The summed E-state index contributed by atoms with van der Waals surface area (Å²) in [6, 6.07) is -0.501. The van der Waals surface area contributed by atoms with Gasteiger partial charge in [-0.25, -0.2) is 4.79 Å². The van der Waals surface area contributed by atoms with Crippen molar-refractivity contribution < 1.29 is 19.5 Å². The molecule has 7 heteroatoms. The van der Waals surface area contributed by atoms with Gasteiger partial charge in [-0.05, 0) is 25.7 Å². The SMILES string of the molecule is CCCN(CC(=O)NC)C(=O)N1CCCCC1CC(=O)O. The number of aliphatic carboxylic acids is 1. The molecule has 0 saturated carbocycles. The summed E-state index contributed by atoms with van der Waals surface area (Å²) in [5.74, 6) is -1.11. The molecule has 3 amide bonds. The second kappa shape index (κ2) is 8.49. The molecule has 1 heterocycles. The molecule has 1 aliphatic heterocycles. The number of nitrogens with one attached hydrogen (secondary N) is 1. The first kappa shape index (κ1) is 17.3. The Kier molecular flexibility index (Phi) is 6.98. The van der Waals surface area contributed by atoms with Crippen LogP contribution in [-0.4, -0.2) is 65.5 Å². The highest BCUT2D eigenvalue weighted by molar-refractivity contribution is 5.84. The van der Waals surface area contributed by atoms with Gasteiger partial charge in [-0.1, -0.05) is 6.92 Å². The summed E-state index contributed by atoms with van der Waals surface area (Å²) in [5.41, 5.74) is 0. The van der Waals surface area contributed by atoms with E-state index in [0.29, 0.717) is 19.5 Å². The largest absolute Gasteiger partial charge is 0.481 e. The predicted octanol–water partition coefficient (Wildman–Crippen LogP) is 0.894. The van der Waals surface area contributed by atoms with Crippen molar-refractivity contribution in [2.75, 3.05) is 26.7 Å². The number of nitrogens with zero attached hydrogens (tertiary/aromatic N) is 2. The first-order valence-corrected chi connectivity index (χ1v) is 7.47. The van der Waals surface area contributed by atoms with Crippen LogP contribution in [-0.2, 0) is 9.59 Å². The van der Waals surface area contributed by atoms with Gasteiger partial charge in [-0.15, -0.1) is 0 Å². The van der Waals surface area contributed by atoms with Gasteiger partial charge in [-0.2, -0.15) is 0 Å². The number of likely N-dealkylation sites (tertiary alicyclic amines) is 1. The molecular formula is C14H25N3O4. The van der Waals surface area contributed by atoms with Crippen LogP contribution in [0.3, 0.4) is 0 Å². The molecule has 1 fully saturated rings. The maximum atomic E-state index is 12.6. The van der Waals surface area contributed by atoms with E-state index >= 15 is 0 Å². The van der Waals surface area contributed by atoms with Crippen molar-refractivity contribution in [3.05, 3.63) is 0 Å². The summed E-state index contributed by atoms with van der Waals surface area (Å²) in [6.45, 7) is 3.00. The summed E-state index contributed by atoms with van der Waals surface area (Å²) in [6.07, 6.45) is 3.23. The van der Waals surface area contributed by atoms with Crippen LogP contribution in [0.5, 0.6) is 0 Å². The minimum absolute atomic E-state index is 0.0134. The van der Waals surface area contributed by atoms with E-state index in [1.165, 1.54) is 11.9 Å². The lowest BCUT2D eigenvalue weighted by atomic mass is 10.00. The number of carbonyl (C=O) groups is 3. The molecule has 2 N–H and O–H groups in total. The third kappa shape index (κ3) is 5.24. The first-order valence-electron chi connectivity index (χ1n) is 7.47. The lowest BCUT2D eigenvalue weighted by Gasteiger charge is -2.38. The van der Waals surface area contributed by atoms with E-state index in [-0.39, 0.29) is 30.9 Å². The molecule has 21 heavy (non-hydrogen) atoms. The van der Waals surface area contributed by atoms with E-state index in [9.17, 15) is 14.4 Å². The van der Waals surface area contributed by atoms with Crippen molar-refractivity contribution in [1.29, 1.82) is 0 Å². The Morgan fingerprint density at radius 1 is 1.33 bits per heavy atom. The number of piperidine rings is 1. The summed E-state index contributed by atoms with van der Waals surface area (Å²) in [5, 5.41) is 11.5. The molecule has 0 bridgehead atoms. The van der Waals surface area contributed by atoms with Gasteiger partial charge >= 0.3 is 12.0 Å². The topological polar surface area (TPSA) is 90.0 Å². The van der Waals surface area contributed by atoms with Crippen molar-refractivity contribution in [2.45, 2.75) is 45.1 Å². The summed E-state index contributed by atoms with van der Waals surface area (Å²) in [4.78, 5) is 38.2. The first-order chi connectivity index (χ1) is 9.99. The van der Waals surface area contributed by atoms with Crippen LogP contribution >= 0.6 is 0 Å². The zero-order valence-corrected chi connectivity index (χ0v) is 12.8. The Hall–Kier alpha value is -1.79. The zero-order valence-electron chi connectivity index (χ0n) is 12.8. The molecule has 0 aromatic carbocycles. The van der Waals surface area contributed by atoms with Crippen molar-refractivity contribution in [2.24, 2.45) is 0 Å². The fourth-order valence-electron chi connectivity index (χ4n) is 2.61. The fourth-order valence-corrected chi connectivity index (χ4v) is 2.61. The Balaban J connectivity index is 2.78. The number of carboxylic acid groups (broad SMARTS) is 1.